The number of amides is 1. The molecule has 172 valence electrons. The number of nitrogens with one attached hydrogen (secondary N) is 2. The molecule has 1 aliphatic carbocycles. The second-order valence-corrected chi connectivity index (χ2v) is 9.93. The summed E-state index contributed by atoms with van der Waals surface area (Å²) in [4.78, 5) is 23.9. The summed E-state index contributed by atoms with van der Waals surface area (Å²) in [5.74, 6) is 0.101. The van der Waals surface area contributed by atoms with E-state index >= 15 is 0 Å². The Balaban J connectivity index is 1.69. The van der Waals surface area contributed by atoms with Crippen LogP contribution in [0.4, 0.5) is 0 Å². The van der Waals surface area contributed by atoms with E-state index in [0.29, 0.717) is 12.5 Å². The molecule has 1 aromatic rings. The molecule has 0 unspecified atom stereocenters. The number of ether oxygens (including phenoxy) is 1. The molecule has 0 bridgehead atoms. The Morgan fingerprint density at radius 1 is 1.34 bits per heavy atom. The number of allylic oxidation sites excluding steroid dienone is 2. The van der Waals surface area contributed by atoms with E-state index < -0.39 is 0 Å². The maximum atomic E-state index is 12.2. The number of imidazole rings is 1. The molecule has 1 fully saturated rings. The maximum absolute atomic E-state index is 12.2. The summed E-state index contributed by atoms with van der Waals surface area (Å²) in [6.07, 6.45) is 14.4. The molecule has 0 radical (unpaired) electrons. The number of aromatic nitrogens is 2. The van der Waals surface area contributed by atoms with Gasteiger partial charge in [-0.25, -0.2) is 4.98 Å². The van der Waals surface area contributed by atoms with Crippen LogP contribution in [-0.4, -0.2) is 45.9 Å². The van der Waals surface area contributed by atoms with Gasteiger partial charge in [0.2, 0.25) is 0 Å². The molecular formula is C25H35N5O2. The second kappa shape index (κ2) is 10.3. The highest BCUT2D eigenvalue weighted by molar-refractivity contribution is 5.97. The number of nitrogens with zero attached hydrogens (tertiary/aromatic N) is 3. The summed E-state index contributed by atoms with van der Waals surface area (Å²) in [6.45, 7) is 9.68. The Bertz CT molecular complexity index is 930. The zero-order chi connectivity index (χ0) is 23.2. The lowest BCUT2D eigenvalue weighted by molar-refractivity contribution is -0.163. The van der Waals surface area contributed by atoms with Crippen molar-refractivity contribution in [3.05, 3.63) is 41.5 Å². The molecule has 1 aliphatic heterocycles. The highest BCUT2D eigenvalue weighted by Gasteiger charge is 2.40. The molecule has 1 amide bonds. The fourth-order valence-electron chi connectivity index (χ4n) is 4.77. The van der Waals surface area contributed by atoms with Gasteiger partial charge in [-0.1, -0.05) is 17.7 Å². The van der Waals surface area contributed by atoms with Crippen molar-refractivity contribution in [2.45, 2.75) is 77.4 Å². The van der Waals surface area contributed by atoms with Gasteiger partial charge < -0.3 is 15.0 Å². The number of H-pyrrole nitrogens is 1. The van der Waals surface area contributed by atoms with E-state index in [1.165, 1.54) is 24.6 Å². The van der Waals surface area contributed by atoms with Crippen molar-refractivity contribution in [2.75, 3.05) is 13.1 Å². The van der Waals surface area contributed by atoms with Crippen LogP contribution in [0.1, 0.15) is 82.5 Å². The number of nitriles is 1. The van der Waals surface area contributed by atoms with Crippen molar-refractivity contribution >= 4 is 11.6 Å². The Morgan fingerprint density at radius 3 is 2.72 bits per heavy atom. The molecule has 2 aliphatic rings. The number of aromatic amines is 1. The van der Waals surface area contributed by atoms with Crippen LogP contribution < -0.4 is 5.32 Å². The number of rotatable bonds is 7. The Kier molecular flexibility index (Phi) is 7.68. The average molecular weight is 438 g/mol. The van der Waals surface area contributed by atoms with Crippen molar-refractivity contribution in [1.29, 1.82) is 5.26 Å². The molecule has 1 saturated heterocycles. The van der Waals surface area contributed by atoms with Crippen molar-refractivity contribution in [3.8, 4) is 6.07 Å². The molecule has 0 atom stereocenters. The first-order chi connectivity index (χ1) is 15.2. The van der Waals surface area contributed by atoms with Crippen molar-refractivity contribution < 1.29 is 9.53 Å². The monoisotopic (exact) mass is 437 g/mol. The number of hydrogen-bond donors (Lipinski definition) is 2. The summed E-state index contributed by atoms with van der Waals surface area (Å²) < 4.78 is 6.27. The Morgan fingerprint density at radius 2 is 2.09 bits per heavy atom. The summed E-state index contributed by atoms with van der Waals surface area (Å²) in [5.41, 5.74) is 2.27. The summed E-state index contributed by atoms with van der Waals surface area (Å²) in [7, 11) is 0. The summed E-state index contributed by atoms with van der Waals surface area (Å²) in [6, 6.07) is 1.91. The molecule has 2 heterocycles. The lowest BCUT2D eigenvalue weighted by Crippen LogP contribution is -2.47. The highest BCUT2D eigenvalue weighted by Crippen LogP contribution is 2.39. The third-order valence-corrected chi connectivity index (χ3v) is 5.87. The van der Waals surface area contributed by atoms with Crippen molar-refractivity contribution in [3.63, 3.8) is 0 Å². The van der Waals surface area contributed by atoms with Gasteiger partial charge in [-0.2, -0.15) is 5.26 Å². The first-order valence-corrected chi connectivity index (χ1v) is 11.5. The minimum atomic E-state index is -0.338. The normalized spacial score (nSPS) is 21.2. The molecule has 3 rings (SSSR count). The topological polar surface area (TPSA) is 103 Å². The van der Waals surface area contributed by atoms with Crippen LogP contribution in [0.2, 0.25) is 0 Å². The van der Waals surface area contributed by atoms with Gasteiger partial charge in [0.15, 0.2) is 11.5 Å². The molecule has 0 aromatic carbocycles. The number of carbonyl (C=O) groups is 1. The van der Waals surface area contributed by atoms with E-state index in [0.717, 1.165) is 37.9 Å². The molecule has 0 spiro atoms. The highest BCUT2D eigenvalue weighted by atomic mass is 16.5. The lowest BCUT2D eigenvalue weighted by Gasteiger charge is -2.45. The minimum Gasteiger partial charge on any atom is -0.370 e. The quantitative estimate of drug-likeness (QED) is 0.484. The van der Waals surface area contributed by atoms with Gasteiger partial charge in [-0.15, -0.1) is 0 Å². The predicted octanol–water partition coefficient (Wildman–Crippen LogP) is 4.49. The molecule has 0 saturated carbocycles. The first kappa shape index (κ1) is 23.9. The van der Waals surface area contributed by atoms with Gasteiger partial charge >= 0.3 is 0 Å². The van der Waals surface area contributed by atoms with Crippen LogP contribution in [0.15, 0.2) is 35.0 Å². The van der Waals surface area contributed by atoms with Gasteiger partial charge in [0.05, 0.1) is 17.7 Å². The molecule has 2 N–H and O–H groups in total. The largest absolute Gasteiger partial charge is 0.370 e. The fraction of sp³-hybridized carbons (Fsp3) is 0.600. The van der Waals surface area contributed by atoms with Crippen molar-refractivity contribution in [1.82, 2.24) is 15.3 Å². The van der Waals surface area contributed by atoms with E-state index in [2.05, 4.69) is 55.1 Å². The smallest absolute Gasteiger partial charge is 0.287 e. The van der Waals surface area contributed by atoms with E-state index in [-0.39, 0.29) is 28.6 Å². The zero-order valence-electron chi connectivity index (χ0n) is 19.7. The maximum Gasteiger partial charge on any atom is 0.287 e. The van der Waals surface area contributed by atoms with E-state index in [1.54, 1.807) is 0 Å². The molecular weight excluding hydrogens is 402 g/mol. The number of hydrogen-bond acceptors (Lipinski definition) is 5. The van der Waals surface area contributed by atoms with Gasteiger partial charge in [0.25, 0.3) is 5.91 Å². The lowest BCUT2D eigenvalue weighted by atomic mass is 9.78. The van der Waals surface area contributed by atoms with Crippen LogP contribution in [-0.2, 0) is 4.74 Å². The van der Waals surface area contributed by atoms with Gasteiger partial charge in [0.1, 0.15) is 6.07 Å². The minimum absolute atomic E-state index is 0.140. The van der Waals surface area contributed by atoms with Crippen LogP contribution >= 0.6 is 0 Å². The predicted molar refractivity (Wildman–Crippen MR) is 126 cm³/mol. The number of carbonyl (C=O) groups excluding carboxylic acids is 1. The standard InChI is InChI=1S/C25H35N5O2/c1-24(2)13-19(14-25(3,4)32-24)21(28-16-18-9-6-5-7-10-18)11-8-12-27-23(31)22-29-17-20(15-26)30-22/h8-9,11,17,19H,5-7,10,12-14,16H2,1-4H3,(H,27,31)(H,29,30)/b11-8-,28-21+. The Labute approximate surface area is 191 Å². The van der Waals surface area contributed by atoms with Gasteiger partial charge in [0, 0.05) is 24.4 Å². The van der Waals surface area contributed by atoms with Crippen LogP contribution in [0.25, 0.3) is 0 Å². The average Bonchev–Trinajstić information content (AvgIpc) is 3.21. The first-order valence-electron chi connectivity index (χ1n) is 11.5. The van der Waals surface area contributed by atoms with Crippen LogP contribution in [0.5, 0.6) is 0 Å². The third kappa shape index (κ3) is 6.89. The molecule has 1 aromatic heterocycles. The van der Waals surface area contributed by atoms with E-state index in [4.69, 9.17) is 15.0 Å². The van der Waals surface area contributed by atoms with Gasteiger partial charge in [-0.05, 0) is 72.3 Å². The third-order valence-electron chi connectivity index (χ3n) is 5.87. The molecule has 32 heavy (non-hydrogen) atoms. The van der Waals surface area contributed by atoms with Gasteiger partial charge in [-0.3, -0.25) is 9.79 Å². The van der Waals surface area contributed by atoms with Crippen molar-refractivity contribution in [2.24, 2.45) is 10.9 Å². The summed E-state index contributed by atoms with van der Waals surface area (Å²) >= 11 is 0. The Hall–Kier alpha value is -2.72. The second-order valence-electron chi connectivity index (χ2n) is 9.93. The zero-order valence-corrected chi connectivity index (χ0v) is 19.7. The molecule has 7 heteroatoms. The fourth-order valence-corrected chi connectivity index (χ4v) is 4.77. The van der Waals surface area contributed by atoms with E-state index in [1.807, 2.05) is 12.1 Å². The van der Waals surface area contributed by atoms with Crippen LogP contribution in [0, 0.1) is 17.2 Å². The van der Waals surface area contributed by atoms with E-state index in [9.17, 15) is 4.79 Å². The number of aliphatic imine (C=N–C) groups is 1. The summed E-state index contributed by atoms with van der Waals surface area (Å²) in [5, 5.41) is 11.7. The SMILES string of the molecule is CC1(C)CC(C(/C=C\CNC(=O)c2nc(C#N)c[nH]2)=N/CC2=CCCCC2)CC(C)(C)O1. The van der Waals surface area contributed by atoms with Crippen LogP contribution in [0.3, 0.4) is 0 Å². The molecule has 7 nitrogen and oxygen atoms in total.